The van der Waals surface area contributed by atoms with Crippen molar-refractivity contribution in [2.75, 3.05) is 0 Å². The monoisotopic (exact) mass is 677 g/mol. The first-order valence-electron chi connectivity index (χ1n) is 18.2. The largest absolute Gasteiger partial charge is 0.456 e. The van der Waals surface area contributed by atoms with Crippen molar-refractivity contribution in [1.82, 2.24) is 15.0 Å². The van der Waals surface area contributed by atoms with Crippen LogP contribution in [0.5, 0.6) is 0 Å². The summed E-state index contributed by atoms with van der Waals surface area (Å²) >= 11 is 0. The number of hydrogen-bond donors (Lipinski definition) is 0. The molecule has 0 radical (unpaired) electrons. The van der Waals surface area contributed by atoms with Crippen LogP contribution in [0.3, 0.4) is 0 Å². The number of fused-ring (bicyclic) bond motifs is 6. The zero-order valence-electron chi connectivity index (χ0n) is 28.8. The Kier molecular flexibility index (Phi) is 6.65. The second-order valence-corrected chi connectivity index (χ2v) is 13.8. The van der Waals surface area contributed by atoms with Crippen molar-refractivity contribution < 1.29 is 4.42 Å². The molecule has 0 bridgehead atoms. The van der Waals surface area contributed by atoms with Crippen molar-refractivity contribution >= 4 is 38.3 Å². The number of aromatic nitrogens is 3. The van der Waals surface area contributed by atoms with Gasteiger partial charge in [0.05, 0.1) is 0 Å². The minimum atomic E-state index is 0.609. The maximum absolute atomic E-state index is 6.50. The minimum absolute atomic E-state index is 0.609. The van der Waals surface area contributed by atoms with E-state index in [1.54, 1.807) is 0 Å². The lowest BCUT2D eigenvalue weighted by molar-refractivity contribution is 0.669. The maximum atomic E-state index is 6.50. The molecule has 0 saturated carbocycles. The Balaban J connectivity index is 1.08. The van der Waals surface area contributed by atoms with E-state index in [1.807, 2.05) is 42.5 Å². The van der Waals surface area contributed by atoms with E-state index < -0.39 is 0 Å². The summed E-state index contributed by atoms with van der Waals surface area (Å²) in [7, 11) is 0. The van der Waals surface area contributed by atoms with Crippen LogP contribution < -0.4 is 0 Å². The molecule has 0 amide bonds. The Morgan fingerprint density at radius 3 is 1.83 bits per heavy atom. The molecular formula is C49H31N3O. The van der Waals surface area contributed by atoms with Crippen LogP contribution in [0.4, 0.5) is 0 Å². The van der Waals surface area contributed by atoms with Gasteiger partial charge in [-0.25, -0.2) is 15.0 Å². The number of allylic oxidation sites excluding steroid dienone is 4. The summed E-state index contributed by atoms with van der Waals surface area (Å²) in [5.74, 6) is 1.87. The third-order valence-electron chi connectivity index (χ3n) is 10.7. The molecule has 4 heteroatoms. The van der Waals surface area contributed by atoms with Crippen molar-refractivity contribution in [3.05, 3.63) is 169 Å². The fraction of sp³-hybridized carbons (Fsp3) is 0.0408. The molecule has 2 aliphatic carbocycles. The van der Waals surface area contributed by atoms with Gasteiger partial charge in [-0.15, -0.1) is 0 Å². The normalized spacial score (nSPS) is 13.2. The zero-order chi connectivity index (χ0) is 34.9. The number of benzene rings is 7. The zero-order valence-corrected chi connectivity index (χ0v) is 28.8. The molecule has 248 valence electrons. The first-order valence-corrected chi connectivity index (χ1v) is 18.2. The molecule has 0 saturated heterocycles. The number of furan rings is 1. The second kappa shape index (κ2) is 11.8. The average Bonchev–Trinajstić information content (AvgIpc) is 3.78. The van der Waals surface area contributed by atoms with Crippen molar-refractivity contribution in [3.63, 3.8) is 0 Å². The Morgan fingerprint density at radius 1 is 0.396 bits per heavy atom. The molecule has 2 heterocycles. The summed E-state index contributed by atoms with van der Waals surface area (Å²) < 4.78 is 6.50. The lowest BCUT2D eigenvalue weighted by atomic mass is 9.93. The van der Waals surface area contributed by atoms with E-state index in [9.17, 15) is 0 Å². The number of nitrogens with zero attached hydrogens (tertiary/aromatic N) is 3. The lowest BCUT2D eigenvalue weighted by Crippen LogP contribution is -2.00. The summed E-state index contributed by atoms with van der Waals surface area (Å²) in [5.41, 5.74) is 14.4. The van der Waals surface area contributed by atoms with Gasteiger partial charge >= 0.3 is 0 Å². The van der Waals surface area contributed by atoms with Crippen molar-refractivity contribution in [3.8, 4) is 67.5 Å². The SMILES string of the molecule is C1=CC(c2ccc(-c3nc(-c4ccccc4)nc(-c4cccc5oc6ccc(-c7ccc8c9c(cccc79)-c7ccccc7-8)cc6c45)n3)cc2)=CCC1. The fourth-order valence-electron chi connectivity index (χ4n) is 8.22. The third kappa shape index (κ3) is 4.80. The molecular weight excluding hydrogens is 647 g/mol. The molecule has 0 unspecified atom stereocenters. The fourth-order valence-corrected chi connectivity index (χ4v) is 8.22. The van der Waals surface area contributed by atoms with Gasteiger partial charge in [-0.3, -0.25) is 0 Å². The minimum Gasteiger partial charge on any atom is -0.456 e. The van der Waals surface area contributed by atoms with Crippen LogP contribution in [0.1, 0.15) is 18.4 Å². The van der Waals surface area contributed by atoms with E-state index in [2.05, 4.69) is 121 Å². The van der Waals surface area contributed by atoms with Gasteiger partial charge in [0.2, 0.25) is 0 Å². The van der Waals surface area contributed by atoms with Gasteiger partial charge < -0.3 is 4.42 Å². The maximum Gasteiger partial charge on any atom is 0.164 e. The van der Waals surface area contributed by atoms with Crippen LogP contribution in [0, 0.1) is 0 Å². The summed E-state index contributed by atoms with van der Waals surface area (Å²) in [6.07, 6.45) is 8.91. The third-order valence-corrected chi connectivity index (χ3v) is 10.7. The van der Waals surface area contributed by atoms with Gasteiger partial charge in [-0.1, -0.05) is 146 Å². The van der Waals surface area contributed by atoms with Crippen molar-refractivity contribution in [2.24, 2.45) is 0 Å². The number of rotatable bonds is 5. The van der Waals surface area contributed by atoms with Crippen LogP contribution in [0.2, 0.25) is 0 Å². The molecule has 0 fully saturated rings. The van der Waals surface area contributed by atoms with Crippen LogP contribution in [0.25, 0.3) is 106 Å². The first kappa shape index (κ1) is 29.8. The van der Waals surface area contributed by atoms with Crippen molar-refractivity contribution in [2.45, 2.75) is 12.8 Å². The first-order chi connectivity index (χ1) is 26.3. The molecule has 4 nitrogen and oxygen atoms in total. The predicted molar refractivity (Wildman–Crippen MR) is 217 cm³/mol. The average molecular weight is 678 g/mol. The van der Waals surface area contributed by atoms with E-state index in [1.165, 1.54) is 49.7 Å². The second-order valence-electron chi connectivity index (χ2n) is 13.8. The van der Waals surface area contributed by atoms with E-state index in [-0.39, 0.29) is 0 Å². The van der Waals surface area contributed by atoms with Gasteiger partial charge in [-0.2, -0.15) is 0 Å². The van der Waals surface area contributed by atoms with Gasteiger partial charge in [0.1, 0.15) is 11.2 Å². The molecule has 11 rings (SSSR count). The Labute approximate surface area is 306 Å². The molecule has 53 heavy (non-hydrogen) atoms. The van der Waals surface area contributed by atoms with Crippen LogP contribution >= 0.6 is 0 Å². The van der Waals surface area contributed by atoms with Crippen molar-refractivity contribution in [1.29, 1.82) is 0 Å². The smallest absolute Gasteiger partial charge is 0.164 e. The highest BCUT2D eigenvalue weighted by Crippen LogP contribution is 2.49. The highest BCUT2D eigenvalue weighted by molar-refractivity contribution is 6.19. The topological polar surface area (TPSA) is 51.8 Å². The number of hydrogen-bond acceptors (Lipinski definition) is 4. The highest BCUT2D eigenvalue weighted by atomic mass is 16.3. The van der Waals surface area contributed by atoms with Gasteiger partial charge in [0.15, 0.2) is 17.5 Å². The lowest BCUT2D eigenvalue weighted by Gasteiger charge is -2.11. The molecule has 0 atom stereocenters. The molecule has 2 aliphatic rings. The Bertz CT molecular complexity index is 2960. The van der Waals surface area contributed by atoms with Gasteiger partial charge in [0.25, 0.3) is 0 Å². The van der Waals surface area contributed by atoms with E-state index in [4.69, 9.17) is 19.4 Å². The summed E-state index contributed by atoms with van der Waals surface area (Å²) in [6, 6.07) is 51.3. The van der Waals surface area contributed by atoms with E-state index in [0.717, 1.165) is 57.0 Å². The molecule has 0 aliphatic heterocycles. The highest BCUT2D eigenvalue weighted by Gasteiger charge is 2.23. The van der Waals surface area contributed by atoms with E-state index in [0.29, 0.717) is 17.5 Å². The summed E-state index contributed by atoms with van der Waals surface area (Å²) in [6.45, 7) is 0. The molecule has 9 aromatic rings. The van der Waals surface area contributed by atoms with Crippen LogP contribution in [-0.2, 0) is 0 Å². The van der Waals surface area contributed by atoms with Crippen LogP contribution in [-0.4, -0.2) is 15.0 Å². The van der Waals surface area contributed by atoms with E-state index >= 15 is 0 Å². The molecule has 7 aromatic carbocycles. The Morgan fingerprint density at radius 2 is 1.04 bits per heavy atom. The molecule has 0 N–H and O–H groups in total. The standard InChI is InChI=1S/C49H31N3O/c1-3-11-30(12-4-1)31-21-23-33(24-22-31)48-50-47(32-13-5-2-6-14-32)51-49(52-48)41-19-10-20-44-46(41)42-29-34(25-28-43(42)53-44)35-26-27-40-37-16-8-7-15-36(37)39-18-9-17-38(35)45(39)40/h2-3,5-29H,1,4H2. The van der Waals surface area contributed by atoms with Crippen LogP contribution in [0.15, 0.2) is 168 Å². The summed E-state index contributed by atoms with van der Waals surface area (Å²) in [4.78, 5) is 15.3. The predicted octanol–water partition coefficient (Wildman–Crippen LogP) is 13.0. The molecule has 0 spiro atoms. The molecule has 2 aromatic heterocycles. The van der Waals surface area contributed by atoms with Gasteiger partial charge in [-0.05, 0) is 86.3 Å². The summed E-state index contributed by atoms with van der Waals surface area (Å²) in [5, 5.41) is 4.58. The van der Waals surface area contributed by atoms with Gasteiger partial charge in [0, 0.05) is 27.5 Å². The Hall–Kier alpha value is -6.91. The quantitative estimate of drug-likeness (QED) is 0.182.